The molecule has 3 rings (SSSR count). The number of hydrogen-bond acceptors (Lipinski definition) is 3. The first-order chi connectivity index (χ1) is 11.1. The molecule has 1 aromatic heterocycles. The third-order valence-electron chi connectivity index (χ3n) is 3.73. The molecule has 1 fully saturated rings. The number of piperidine rings is 1. The lowest BCUT2D eigenvalue weighted by molar-refractivity contribution is -0.119. The van der Waals surface area contributed by atoms with Gasteiger partial charge >= 0.3 is 0 Å². The van der Waals surface area contributed by atoms with Gasteiger partial charge in [0, 0.05) is 30.5 Å². The number of nitrogens with one attached hydrogen (secondary N) is 1. The van der Waals surface area contributed by atoms with Crippen LogP contribution in [0, 0.1) is 0 Å². The van der Waals surface area contributed by atoms with Crippen molar-refractivity contribution in [2.24, 2.45) is 0 Å². The molecule has 23 heavy (non-hydrogen) atoms. The Morgan fingerprint density at radius 1 is 1.22 bits per heavy atom. The predicted molar refractivity (Wildman–Crippen MR) is 89.8 cm³/mol. The first-order valence-electron chi connectivity index (χ1n) is 7.47. The van der Waals surface area contributed by atoms with Crippen LogP contribution in [-0.4, -0.2) is 23.3 Å². The Labute approximate surface area is 139 Å². The Hall–Kier alpha value is -2.40. The van der Waals surface area contributed by atoms with E-state index in [0.29, 0.717) is 22.8 Å². The van der Waals surface area contributed by atoms with Gasteiger partial charge in [0.25, 0.3) is 5.91 Å². The minimum Gasteiger partial charge on any atom is -0.322 e. The molecule has 2 heterocycles. The second kappa shape index (κ2) is 6.79. The number of carbonyl (C=O) groups is 2. The molecule has 2 amide bonds. The number of amides is 2. The van der Waals surface area contributed by atoms with Crippen molar-refractivity contribution in [1.82, 2.24) is 4.98 Å². The van der Waals surface area contributed by atoms with Crippen LogP contribution in [0.15, 0.2) is 42.6 Å². The number of rotatable bonds is 3. The van der Waals surface area contributed by atoms with Crippen molar-refractivity contribution >= 4 is 34.8 Å². The minimum absolute atomic E-state index is 0.127. The molecule has 0 bridgehead atoms. The van der Waals surface area contributed by atoms with Gasteiger partial charge in [0.1, 0.15) is 5.15 Å². The average Bonchev–Trinajstić information content (AvgIpc) is 2.56. The molecule has 2 aromatic rings. The highest BCUT2D eigenvalue weighted by Gasteiger charge is 2.19. The maximum Gasteiger partial charge on any atom is 0.257 e. The van der Waals surface area contributed by atoms with E-state index in [9.17, 15) is 9.59 Å². The lowest BCUT2D eigenvalue weighted by Gasteiger charge is -2.27. The monoisotopic (exact) mass is 329 g/mol. The Morgan fingerprint density at radius 2 is 2.09 bits per heavy atom. The van der Waals surface area contributed by atoms with Gasteiger partial charge in [-0.15, -0.1) is 0 Å². The second-order valence-corrected chi connectivity index (χ2v) is 5.76. The number of hydrogen-bond donors (Lipinski definition) is 1. The topological polar surface area (TPSA) is 62.3 Å². The molecular weight excluding hydrogens is 314 g/mol. The lowest BCUT2D eigenvalue weighted by atomic mass is 10.1. The van der Waals surface area contributed by atoms with E-state index in [1.54, 1.807) is 23.1 Å². The van der Waals surface area contributed by atoms with E-state index < -0.39 is 0 Å². The van der Waals surface area contributed by atoms with Crippen LogP contribution in [0.1, 0.15) is 29.6 Å². The summed E-state index contributed by atoms with van der Waals surface area (Å²) in [6.07, 6.45) is 3.94. The fourth-order valence-electron chi connectivity index (χ4n) is 2.54. The van der Waals surface area contributed by atoms with Crippen LogP contribution in [-0.2, 0) is 4.79 Å². The average molecular weight is 330 g/mol. The van der Waals surface area contributed by atoms with Crippen LogP contribution in [0.2, 0.25) is 5.15 Å². The molecule has 1 aromatic carbocycles. The van der Waals surface area contributed by atoms with E-state index in [2.05, 4.69) is 10.3 Å². The summed E-state index contributed by atoms with van der Waals surface area (Å²) in [7, 11) is 0. The summed E-state index contributed by atoms with van der Waals surface area (Å²) in [5.41, 5.74) is 1.87. The SMILES string of the molecule is O=C(Nc1cccc(N2CCCCC2=O)c1)c1ccc(Cl)nc1. The van der Waals surface area contributed by atoms with Gasteiger partial charge < -0.3 is 10.2 Å². The quantitative estimate of drug-likeness (QED) is 0.877. The third kappa shape index (κ3) is 3.68. The maximum absolute atomic E-state index is 12.2. The van der Waals surface area contributed by atoms with Crippen molar-refractivity contribution in [3.63, 3.8) is 0 Å². The fraction of sp³-hybridized carbons (Fsp3) is 0.235. The van der Waals surface area contributed by atoms with Crippen molar-refractivity contribution < 1.29 is 9.59 Å². The number of aromatic nitrogens is 1. The van der Waals surface area contributed by atoms with Crippen LogP contribution < -0.4 is 10.2 Å². The number of carbonyl (C=O) groups excluding carboxylic acids is 2. The van der Waals surface area contributed by atoms with Crippen LogP contribution >= 0.6 is 11.6 Å². The molecule has 5 nitrogen and oxygen atoms in total. The normalized spacial score (nSPS) is 14.7. The minimum atomic E-state index is -0.267. The third-order valence-corrected chi connectivity index (χ3v) is 3.95. The summed E-state index contributed by atoms with van der Waals surface area (Å²) in [5.74, 6) is -0.141. The van der Waals surface area contributed by atoms with E-state index in [4.69, 9.17) is 11.6 Å². The van der Waals surface area contributed by atoms with Gasteiger partial charge in [-0.1, -0.05) is 17.7 Å². The summed E-state index contributed by atoms with van der Waals surface area (Å²) >= 11 is 5.72. The zero-order chi connectivity index (χ0) is 16.2. The van der Waals surface area contributed by atoms with E-state index in [-0.39, 0.29) is 11.8 Å². The van der Waals surface area contributed by atoms with Crippen LogP contribution in [0.25, 0.3) is 0 Å². The van der Waals surface area contributed by atoms with Crippen molar-refractivity contribution in [1.29, 1.82) is 0 Å². The van der Waals surface area contributed by atoms with E-state index in [1.165, 1.54) is 6.20 Å². The summed E-state index contributed by atoms with van der Waals surface area (Å²) in [5, 5.41) is 3.15. The standard InChI is InChI=1S/C17H16ClN3O2/c18-15-8-7-12(11-19-15)17(23)20-13-4-3-5-14(10-13)21-9-2-1-6-16(21)22/h3-5,7-8,10-11H,1-2,6,9H2,(H,20,23). The number of pyridine rings is 1. The molecule has 0 spiro atoms. The van der Waals surface area contributed by atoms with Gasteiger partial charge in [0.2, 0.25) is 5.91 Å². The molecule has 118 valence electrons. The van der Waals surface area contributed by atoms with E-state index in [0.717, 1.165) is 25.1 Å². The van der Waals surface area contributed by atoms with Gasteiger partial charge in [-0.2, -0.15) is 0 Å². The van der Waals surface area contributed by atoms with Crippen molar-refractivity contribution in [3.8, 4) is 0 Å². The first kappa shape index (κ1) is 15.5. The molecule has 0 aliphatic carbocycles. The summed E-state index contributed by atoms with van der Waals surface area (Å²) in [6.45, 7) is 0.720. The van der Waals surface area contributed by atoms with Gasteiger partial charge in [-0.3, -0.25) is 9.59 Å². The molecule has 1 saturated heterocycles. The zero-order valence-corrected chi connectivity index (χ0v) is 13.2. The molecule has 1 N–H and O–H groups in total. The first-order valence-corrected chi connectivity index (χ1v) is 7.84. The Balaban J connectivity index is 1.76. The molecule has 6 heteroatoms. The second-order valence-electron chi connectivity index (χ2n) is 5.38. The zero-order valence-electron chi connectivity index (χ0n) is 12.5. The molecular formula is C17H16ClN3O2. The smallest absolute Gasteiger partial charge is 0.257 e. The maximum atomic E-state index is 12.2. The highest BCUT2D eigenvalue weighted by atomic mass is 35.5. The van der Waals surface area contributed by atoms with Crippen LogP contribution in [0.3, 0.4) is 0 Å². The molecule has 1 aliphatic heterocycles. The van der Waals surface area contributed by atoms with Crippen molar-refractivity contribution in [2.75, 3.05) is 16.8 Å². The van der Waals surface area contributed by atoms with Crippen LogP contribution in [0.4, 0.5) is 11.4 Å². The Morgan fingerprint density at radius 3 is 2.83 bits per heavy atom. The van der Waals surface area contributed by atoms with Gasteiger partial charge in [0.15, 0.2) is 0 Å². The molecule has 0 atom stereocenters. The molecule has 0 saturated carbocycles. The molecule has 1 aliphatic rings. The summed E-state index contributed by atoms with van der Waals surface area (Å²) < 4.78 is 0. The summed E-state index contributed by atoms with van der Waals surface area (Å²) in [6, 6.07) is 10.5. The molecule has 0 radical (unpaired) electrons. The number of halogens is 1. The highest BCUT2D eigenvalue weighted by Crippen LogP contribution is 2.24. The van der Waals surface area contributed by atoms with Crippen molar-refractivity contribution in [2.45, 2.75) is 19.3 Å². The van der Waals surface area contributed by atoms with Crippen molar-refractivity contribution in [3.05, 3.63) is 53.3 Å². The van der Waals surface area contributed by atoms with Gasteiger partial charge in [-0.05, 0) is 43.2 Å². The van der Waals surface area contributed by atoms with Gasteiger partial charge in [-0.25, -0.2) is 4.98 Å². The van der Waals surface area contributed by atoms with Gasteiger partial charge in [0.05, 0.1) is 5.56 Å². The highest BCUT2D eigenvalue weighted by molar-refractivity contribution is 6.29. The van der Waals surface area contributed by atoms with E-state index >= 15 is 0 Å². The number of anilines is 2. The number of benzene rings is 1. The van der Waals surface area contributed by atoms with Crippen LogP contribution in [0.5, 0.6) is 0 Å². The Kier molecular flexibility index (Phi) is 4.57. The largest absolute Gasteiger partial charge is 0.322 e. The molecule has 0 unspecified atom stereocenters. The van der Waals surface area contributed by atoms with E-state index in [1.807, 2.05) is 18.2 Å². The predicted octanol–water partition coefficient (Wildman–Crippen LogP) is 3.50. The fourth-order valence-corrected chi connectivity index (χ4v) is 2.66. The number of nitrogens with zero attached hydrogens (tertiary/aromatic N) is 2. The lowest BCUT2D eigenvalue weighted by Crippen LogP contribution is -2.35. The Bertz CT molecular complexity index is 731. The summed E-state index contributed by atoms with van der Waals surface area (Å²) in [4.78, 5) is 29.9.